The van der Waals surface area contributed by atoms with Gasteiger partial charge in [-0.05, 0) is 18.4 Å². The minimum absolute atomic E-state index is 0.0137. The average Bonchev–Trinajstić information content (AvgIpc) is 2.55. The number of aromatic nitrogens is 2. The number of para-hydroxylation sites is 1. The van der Waals surface area contributed by atoms with Crippen LogP contribution in [0, 0.1) is 5.82 Å². The number of hydrogen-bond donors (Lipinski definition) is 3. The second-order valence-corrected chi connectivity index (χ2v) is 5.91. The SMILES string of the molecule is CSc1nc2c(c(=O)[nH]1)C(C(=O)Nc1ccccc1F)CC(=O)N2. The van der Waals surface area contributed by atoms with Gasteiger partial charge in [0.25, 0.3) is 5.56 Å². The molecular weight excluding hydrogens is 335 g/mol. The maximum absolute atomic E-state index is 13.7. The van der Waals surface area contributed by atoms with Crippen LogP contribution >= 0.6 is 11.8 Å². The zero-order valence-corrected chi connectivity index (χ0v) is 13.4. The number of halogens is 1. The summed E-state index contributed by atoms with van der Waals surface area (Å²) in [5.74, 6) is -2.65. The zero-order valence-electron chi connectivity index (χ0n) is 12.6. The topological polar surface area (TPSA) is 104 Å². The summed E-state index contributed by atoms with van der Waals surface area (Å²) in [4.78, 5) is 43.3. The Balaban J connectivity index is 1.98. The molecule has 0 saturated heterocycles. The van der Waals surface area contributed by atoms with Crippen molar-refractivity contribution in [2.75, 3.05) is 16.9 Å². The van der Waals surface area contributed by atoms with E-state index in [0.29, 0.717) is 5.16 Å². The number of nitrogens with one attached hydrogen (secondary N) is 3. The first-order chi connectivity index (χ1) is 11.5. The van der Waals surface area contributed by atoms with Gasteiger partial charge in [0, 0.05) is 6.42 Å². The standard InChI is InChI=1S/C15H13FN4O3S/c1-24-15-19-12-11(14(23)20-15)7(6-10(21)18-12)13(22)17-9-5-3-2-4-8(9)16/h2-5,7H,6H2,1H3,(H,17,22)(H2,18,19,20,21,23). The molecule has 24 heavy (non-hydrogen) atoms. The zero-order chi connectivity index (χ0) is 17.3. The smallest absolute Gasteiger partial charge is 0.257 e. The molecule has 1 aromatic heterocycles. The number of H-pyrrole nitrogens is 1. The predicted octanol–water partition coefficient (Wildman–Crippen LogP) is 1.70. The van der Waals surface area contributed by atoms with E-state index in [1.807, 2.05) is 0 Å². The quantitative estimate of drug-likeness (QED) is 0.578. The van der Waals surface area contributed by atoms with Gasteiger partial charge in [0.1, 0.15) is 11.6 Å². The van der Waals surface area contributed by atoms with Crippen molar-refractivity contribution in [1.29, 1.82) is 0 Å². The summed E-state index contributed by atoms with van der Waals surface area (Å²) in [6.07, 6.45) is 1.51. The van der Waals surface area contributed by atoms with Gasteiger partial charge in [-0.2, -0.15) is 0 Å². The Morgan fingerprint density at radius 3 is 2.83 bits per heavy atom. The minimum atomic E-state index is -1.04. The molecular formula is C15H13FN4O3S. The van der Waals surface area contributed by atoms with E-state index in [2.05, 4.69) is 20.6 Å². The van der Waals surface area contributed by atoms with Crippen LogP contribution in [0.5, 0.6) is 0 Å². The van der Waals surface area contributed by atoms with Crippen molar-refractivity contribution in [2.24, 2.45) is 0 Å². The highest BCUT2D eigenvalue weighted by atomic mass is 32.2. The van der Waals surface area contributed by atoms with Gasteiger partial charge in [0.05, 0.1) is 17.2 Å². The van der Waals surface area contributed by atoms with Crippen LogP contribution in [-0.4, -0.2) is 28.0 Å². The largest absolute Gasteiger partial charge is 0.323 e. The molecule has 9 heteroatoms. The summed E-state index contributed by atoms with van der Waals surface area (Å²) < 4.78 is 13.7. The number of thioether (sulfide) groups is 1. The van der Waals surface area contributed by atoms with E-state index in [1.54, 1.807) is 12.3 Å². The number of benzene rings is 1. The summed E-state index contributed by atoms with van der Waals surface area (Å²) in [6, 6.07) is 5.67. The van der Waals surface area contributed by atoms with E-state index in [-0.39, 0.29) is 23.5 Å². The summed E-state index contributed by atoms with van der Waals surface area (Å²) in [6.45, 7) is 0. The van der Waals surface area contributed by atoms with Crippen LogP contribution in [0.3, 0.4) is 0 Å². The molecule has 0 radical (unpaired) electrons. The Bertz CT molecular complexity index is 883. The van der Waals surface area contributed by atoms with Crippen molar-refractivity contribution in [2.45, 2.75) is 17.5 Å². The molecule has 1 atom stereocenters. The van der Waals surface area contributed by atoms with E-state index in [9.17, 15) is 18.8 Å². The summed E-state index contributed by atoms with van der Waals surface area (Å²) in [5, 5.41) is 5.24. The van der Waals surface area contributed by atoms with Crippen molar-refractivity contribution < 1.29 is 14.0 Å². The Morgan fingerprint density at radius 1 is 1.38 bits per heavy atom. The fraction of sp³-hybridized carbons (Fsp3) is 0.200. The number of amides is 2. The monoisotopic (exact) mass is 348 g/mol. The van der Waals surface area contributed by atoms with Crippen molar-refractivity contribution in [3.8, 4) is 0 Å². The van der Waals surface area contributed by atoms with E-state index >= 15 is 0 Å². The number of nitrogens with zero attached hydrogens (tertiary/aromatic N) is 1. The molecule has 0 fully saturated rings. The Hall–Kier alpha value is -2.68. The molecule has 0 saturated carbocycles. The predicted molar refractivity (Wildman–Crippen MR) is 87.7 cm³/mol. The Labute approximate surface area is 140 Å². The van der Waals surface area contributed by atoms with Crippen LogP contribution in [0.1, 0.15) is 17.9 Å². The molecule has 1 aliphatic rings. The second kappa shape index (κ2) is 6.44. The lowest BCUT2D eigenvalue weighted by Gasteiger charge is -2.23. The third-order valence-electron chi connectivity index (χ3n) is 3.57. The number of carbonyl (C=O) groups is 2. The number of carbonyl (C=O) groups excluding carboxylic acids is 2. The molecule has 0 spiro atoms. The van der Waals surface area contributed by atoms with Crippen LogP contribution < -0.4 is 16.2 Å². The average molecular weight is 348 g/mol. The van der Waals surface area contributed by atoms with Gasteiger partial charge in [-0.1, -0.05) is 23.9 Å². The molecule has 3 N–H and O–H groups in total. The molecule has 0 aliphatic carbocycles. The minimum Gasteiger partial charge on any atom is -0.323 e. The van der Waals surface area contributed by atoms with Gasteiger partial charge >= 0.3 is 0 Å². The maximum atomic E-state index is 13.7. The van der Waals surface area contributed by atoms with Crippen LogP contribution in [0.15, 0.2) is 34.2 Å². The van der Waals surface area contributed by atoms with Crippen molar-refractivity contribution in [1.82, 2.24) is 9.97 Å². The van der Waals surface area contributed by atoms with Crippen LogP contribution in [0.2, 0.25) is 0 Å². The first kappa shape index (κ1) is 16.2. The fourth-order valence-electron chi connectivity index (χ4n) is 2.45. The Kier molecular flexibility index (Phi) is 4.34. The third-order valence-corrected chi connectivity index (χ3v) is 4.15. The van der Waals surface area contributed by atoms with Gasteiger partial charge in [0.15, 0.2) is 5.16 Å². The lowest BCUT2D eigenvalue weighted by atomic mass is 9.92. The molecule has 124 valence electrons. The second-order valence-electron chi connectivity index (χ2n) is 5.11. The molecule has 2 aromatic rings. The molecule has 0 bridgehead atoms. The third kappa shape index (κ3) is 3.02. The highest BCUT2D eigenvalue weighted by Gasteiger charge is 2.34. The fourth-order valence-corrected chi connectivity index (χ4v) is 2.83. The molecule has 1 aromatic carbocycles. The van der Waals surface area contributed by atoms with Gasteiger partial charge in [-0.15, -0.1) is 0 Å². The first-order valence-electron chi connectivity index (χ1n) is 7.03. The van der Waals surface area contributed by atoms with Gasteiger partial charge < -0.3 is 15.6 Å². The molecule has 1 unspecified atom stereocenters. The number of rotatable bonds is 3. The van der Waals surface area contributed by atoms with E-state index < -0.39 is 29.1 Å². The van der Waals surface area contributed by atoms with Crippen molar-refractivity contribution in [3.63, 3.8) is 0 Å². The van der Waals surface area contributed by atoms with Crippen LogP contribution in [0.4, 0.5) is 15.9 Å². The lowest BCUT2D eigenvalue weighted by Crippen LogP contribution is -2.36. The lowest BCUT2D eigenvalue weighted by molar-refractivity contribution is -0.123. The normalized spacial score (nSPS) is 16.2. The summed E-state index contributed by atoms with van der Waals surface area (Å²) in [5.41, 5.74) is -0.445. The van der Waals surface area contributed by atoms with Crippen LogP contribution in [0.25, 0.3) is 0 Å². The number of aromatic amines is 1. The Morgan fingerprint density at radius 2 is 2.12 bits per heavy atom. The highest BCUT2D eigenvalue weighted by molar-refractivity contribution is 7.98. The number of anilines is 2. The van der Waals surface area contributed by atoms with Gasteiger partial charge in [-0.3, -0.25) is 14.4 Å². The summed E-state index contributed by atoms with van der Waals surface area (Å²) in [7, 11) is 0. The van der Waals surface area contributed by atoms with Gasteiger partial charge in [-0.25, -0.2) is 9.37 Å². The molecule has 2 heterocycles. The van der Waals surface area contributed by atoms with E-state index in [0.717, 1.165) is 0 Å². The number of hydrogen-bond acceptors (Lipinski definition) is 5. The van der Waals surface area contributed by atoms with Crippen molar-refractivity contribution >= 4 is 35.1 Å². The first-order valence-corrected chi connectivity index (χ1v) is 8.25. The maximum Gasteiger partial charge on any atom is 0.257 e. The van der Waals surface area contributed by atoms with Gasteiger partial charge in [0.2, 0.25) is 11.8 Å². The van der Waals surface area contributed by atoms with E-state index in [4.69, 9.17) is 0 Å². The molecule has 1 aliphatic heterocycles. The number of fused-ring (bicyclic) bond motifs is 1. The molecule has 7 nitrogen and oxygen atoms in total. The van der Waals surface area contributed by atoms with Crippen molar-refractivity contribution in [3.05, 3.63) is 46.0 Å². The molecule has 2 amide bonds. The molecule has 3 rings (SSSR count). The summed E-state index contributed by atoms with van der Waals surface area (Å²) >= 11 is 1.20. The highest BCUT2D eigenvalue weighted by Crippen LogP contribution is 2.30. The van der Waals surface area contributed by atoms with Crippen LogP contribution in [-0.2, 0) is 9.59 Å². The van der Waals surface area contributed by atoms with E-state index in [1.165, 1.54) is 30.0 Å².